The van der Waals surface area contributed by atoms with Crippen LogP contribution >= 0.6 is 11.3 Å². The fourth-order valence-corrected chi connectivity index (χ4v) is 13.7. The van der Waals surface area contributed by atoms with Gasteiger partial charge in [-0.05, 0) is 66.1 Å². The molecule has 9 heteroatoms. The third-order valence-corrected chi connectivity index (χ3v) is 18.3. The van der Waals surface area contributed by atoms with Crippen LogP contribution in [-0.4, -0.2) is 32.8 Å². The molecule has 0 atom stereocenters. The van der Waals surface area contributed by atoms with E-state index in [0.717, 1.165) is 54.3 Å². The van der Waals surface area contributed by atoms with Crippen LogP contribution in [0.5, 0.6) is 0 Å². The van der Waals surface area contributed by atoms with E-state index in [2.05, 4.69) is 120 Å². The quantitative estimate of drug-likeness (QED) is 0.123. The summed E-state index contributed by atoms with van der Waals surface area (Å²) in [5, 5.41) is 5.70. The molecule has 0 bridgehead atoms. The zero-order valence-electron chi connectivity index (χ0n) is 45.7. The van der Waals surface area contributed by atoms with Crippen LogP contribution in [0.3, 0.4) is 0 Å². The molecule has 0 amide bonds. The molecule has 0 aliphatic rings. The van der Waals surface area contributed by atoms with Crippen molar-refractivity contribution in [1.82, 2.24) is 19.5 Å². The minimum Gasteiger partial charge on any atom is 0 e. The fourth-order valence-electron chi connectivity index (χ4n) is 9.64. The molecular weight excluding hydrogens is 1130 g/mol. The second-order valence-corrected chi connectivity index (χ2v) is 31.7. The van der Waals surface area contributed by atoms with Crippen molar-refractivity contribution in [3.8, 4) is 39.6 Å². The fraction of sp³-hybridized carbons (Fsp3) is 0.177. The maximum atomic E-state index is 15.8. The molecule has 0 fully saturated rings. The zero-order chi connectivity index (χ0) is 52.9. The first-order chi connectivity index (χ1) is 35.6. The summed E-state index contributed by atoms with van der Waals surface area (Å²) in [7, 11) is 0. The molecule has 12 rings (SSSR count). The molecule has 0 saturated carbocycles. The van der Waals surface area contributed by atoms with Crippen LogP contribution in [0.2, 0.25) is 17.3 Å². The first kappa shape index (κ1) is 42.4. The standard InChI is InChI=1S/C42H25FN3OS.C20H28GeN.Ir/c1-23-22-31-28-14-8-9-15-35(28)48-40(31)24(2)37(23)46-38-27-13-7-6-10-25(27)16-20-34(38)44-41(46)30-17-19-32(43)36-29-18-21-33(26-11-4-3-5-12-26)45-42(29)47-39(30)36;1-15-8-10-16(11-9-15)19-12-17(13-20(2,3)4)18(14-22-19)21(5,6)7;/h3-16,18-22H,1-2H3;8-10,12,14H,13H2,1-7H3;/q2*-1;/i;1D3,13D2;. The number of hydrogen-bond acceptors (Lipinski definition) is 5. The van der Waals surface area contributed by atoms with E-state index in [9.17, 15) is 0 Å². The number of halogens is 1. The average Bonchev–Trinajstić information content (AvgIpc) is 4.09. The molecule has 71 heavy (non-hydrogen) atoms. The molecule has 5 heterocycles. The predicted octanol–water partition coefficient (Wildman–Crippen LogP) is 16.7. The van der Waals surface area contributed by atoms with Crippen LogP contribution in [0.4, 0.5) is 4.39 Å². The van der Waals surface area contributed by atoms with E-state index in [-0.39, 0.29) is 25.7 Å². The van der Waals surface area contributed by atoms with Crippen LogP contribution in [0.25, 0.3) is 104 Å². The topological polar surface area (TPSA) is 56.7 Å². The number of aryl methyl sites for hydroxylation is 3. The van der Waals surface area contributed by atoms with Crippen molar-refractivity contribution in [2.75, 3.05) is 0 Å². The third-order valence-electron chi connectivity index (χ3n) is 12.8. The maximum Gasteiger partial charge on any atom is 0 e. The Morgan fingerprint density at radius 3 is 2.30 bits per heavy atom. The monoisotopic (exact) mass is 1190 g/mol. The number of imidazole rings is 1. The minimum atomic E-state index is -2.36. The number of hydrogen-bond donors (Lipinski definition) is 0. The molecule has 5 nitrogen and oxygen atoms in total. The Kier molecular flexibility index (Phi) is 11.2. The molecule has 0 N–H and O–H groups in total. The van der Waals surface area contributed by atoms with E-state index < -0.39 is 37.7 Å². The van der Waals surface area contributed by atoms with E-state index in [4.69, 9.17) is 21.2 Å². The SMILES string of the molecule is Cc1cc2c(sc3ccccc32)c(C)c1-n1c(-c2[c-]cc(F)c3c2oc2nc(-c4ccccc4)ccc23)nc2ccc3ccccc3c21.[2H]C([2H])([2H])c1c[c-]c(-c2cc(C([2H])([2H])C(C)(C)C)[c]([Ge]([CH3])([CH3])[CH3])cn2)cc1.[Ir]. The van der Waals surface area contributed by atoms with Crippen molar-refractivity contribution >= 4 is 93.0 Å². The van der Waals surface area contributed by atoms with Gasteiger partial charge >= 0.3 is 145 Å². The summed E-state index contributed by atoms with van der Waals surface area (Å²) in [6.45, 7) is 7.91. The summed E-state index contributed by atoms with van der Waals surface area (Å²) in [6.07, 6.45) is 0.303. The van der Waals surface area contributed by atoms with E-state index in [1.807, 2.05) is 86.8 Å². The largest absolute Gasteiger partial charge is 0 e. The Labute approximate surface area is 441 Å². The number of thiophene rings is 1. The van der Waals surface area contributed by atoms with Gasteiger partial charge in [0.25, 0.3) is 0 Å². The molecule has 0 aliphatic carbocycles. The minimum absolute atomic E-state index is 0. The van der Waals surface area contributed by atoms with Crippen LogP contribution in [0, 0.1) is 44.1 Å². The van der Waals surface area contributed by atoms with Gasteiger partial charge in [-0.15, -0.1) is 23.5 Å². The van der Waals surface area contributed by atoms with Crippen molar-refractivity contribution < 1.29 is 35.8 Å². The second-order valence-electron chi connectivity index (χ2n) is 20.0. The van der Waals surface area contributed by atoms with Crippen molar-refractivity contribution in [2.45, 2.75) is 65.1 Å². The summed E-state index contributed by atoms with van der Waals surface area (Å²) in [4.78, 5) is 14.7. The second kappa shape index (κ2) is 18.7. The molecule has 0 spiro atoms. The van der Waals surface area contributed by atoms with Crippen molar-refractivity contribution in [3.63, 3.8) is 0 Å². The van der Waals surface area contributed by atoms with Crippen LogP contribution in [-0.2, 0) is 26.5 Å². The Morgan fingerprint density at radius 1 is 0.789 bits per heavy atom. The van der Waals surface area contributed by atoms with Gasteiger partial charge in [0.15, 0.2) is 0 Å². The number of nitrogens with zero attached hydrogens (tertiary/aromatic N) is 4. The van der Waals surface area contributed by atoms with Gasteiger partial charge in [-0.3, -0.25) is 9.37 Å². The van der Waals surface area contributed by atoms with Gasteiger partial charge in [-0.25, -0.2) is 4.98 Å². The van der Waals surface area contributed by atoms with Gasteiger partial charge in [-0.1, -0.05) is 84.4 Å². The first-order valence-corrected chi connectivity index (χ1v) is 31.6. The number of benzene rings is 7. The summed E-state index contributed by atoms with van der Waals surface area (Å²) in [6, 6.07) is 51.3. The van der Waals surface area contributed by atoms with Gasteiger partial charge in [0.05, 0.1) is 28.1 Å². The number of pyridine rings is 2. The summed E-state index contributed by atoms with van der Waals surface area (Å²) >= 11 is -0.548. The average molecular weight is 1190 g/mol. The predicted molar refractivity (Wildman–Crippen MR) is 295 cm³/mol. The van der Waals surface area contributed by atoms with E-state index in [1.165, 1.54) is 32.3 Å². The molecule has 5 aromatic heterocycles. The molecule has 0 unspecified atom stereocenters. The molecule has 355 valence electrons. The van der Waals surface area contributed by atoms with Gasteiger partial charge in [0.1, 0.15) is 0 Å². The van der Waals surface area contributed by atoms with Gasteiger partial charge in [0, 0.05) is 68.1 Å². The molecule has 7 aromatic carbocycles. The molecule has 12 aromatic rings. The van der Waals surface area contributed by atoms with Crippen LogP contribution in [0.15, 0.2) is 150 Å². The van der Waals surface area contributed by atoms with Crippen LogP contribution in [0.1, 0.15) is 49.9 Å². The van der Waals surface area contributed by atoms with E-state index in [0.29, 0.717) is 50.3 Å². The number of rotatable bonds is 6. The smallest absolute Gasteiger partial charge is 0 e. The zero-order valence-corrected chi connectivity index (χ0v) is 46.0. The van der Waals surface area contributed by atoms with Crippen molar-refractivity contribution in [1.29, 1.82) is 0 Å². The van der Waals surface area contributed by atoms with Crippen LogP contribution < -0.4 is 4.40 Å². The number of furan rings is 1. The normalized spacial score (nSPS) is 13.5. The Hall–Kier alpha value is -6.29. The molecular formula is C62H53FGeIrN4OS-2. The molecule has 1 radical (unpaired) electrons. The summed E-state index contributed by atoms with van der Waals surface area (Å²) < 4.78 is 68.1. The Morgan fingerprint density at radius 2 is 1.55 bits per heavy atom. The molecule has 0 aliphatic heterocycles. The summed E-state index contributed by atoms with van der Waals surface area (Å²) in [5.41, 5.74) is 9.86. The van der Waals surface area contributed by atoms with E-state index >= 15 is 4.39 Å². The van der Waals surface area contributed by atoms with Crippen molar-refractivity contribution in [2.24, 2.45) is 5.41 Å². The third kappa shape index (κ3) is 8.94. The Balaban J connectivity index is 0.000000201. The van der Waals surface area contributed by atoms with Gasteiger partial charge in [0.2, 0.25) is 5.71 Å². The summed E-state index contributed by atoms with van der Waals surface area (Å²) in [5.74, 6) is 6.93. The molecule has 0 saturated heterocycles. The van der Waals surface area contributed by atoms with E-state index in [1.54, 1.807) is 12.1 Å². The maximum absolute atomic E-state index is 15.8. The number of aromatic nitrogens is 4. The van der Waals surface area contributed by atoms with Crippen molar-refractivity contribution in [3.05, 3.63) is 186 Å². The van der Waals surface area contributed by atoms with Gasteiger partial charge in [-0.2, -0.15) is 0 Å². The number of fused-ring (bicyclic) bond motifs is 9. The Bertz CT molecular complexity index is 4210. The first-order valence-electron chi connectivity index (χ1n) is 25.9. The van der Waals surface area contributed by atoms with Gasteiger partial charge < -0.3 is 8.98 Å².